The first-order valence-electron chi connectivity index (χ1n) is 11.2. The molecule has 33 heavy (non-hydrogen) atoms. The minimum Gasteiger partial charge on any atom is -0.497 e. The Morgan fingerprint density at radius 2 is 2.06 bits per heavy atom. The van der Waals surface area contributed by atoms with Crippen LogP contribution in [0.3, 0.4) is 0 Å². The van der Waals surface area contributed by atoms with E-state index in [0.29, 0.717) is 36.7 Å². The van der Waals surface area contributed by atoms with Crippen LogP contribution < -0.4 is 4.74 Å². The maximum absolute atomic E-state index is 13.3. The van der Waals surface area contributed by atoms with Crippen LogP contribution in [-0.4, -0.2) is 56.1 Å². The second-order valence-corrected chi connectivity index (χ2v) is 10.2. The van der Waals surface area contributed by atoms with Crippen molar-refractivity contribution in [2.75, 3.05) is 27.4 Å². The molecule has 0 saturated heterocycles. The van der Waals surface area contributed by atoms with Crippen LogP contribution in [-0.2, 0) is 38.2 Å². The van der Waals surface area contributed by atoms with Gasteiger partial charge in [-0.1, -0.05) is 31.1 Å². The maximum Gasteiger partial charge on any atom is 0.228 e. The van der Waals surface area contributed by atoms with Gasteiger partial charge in [-0.3, -0.25) is 4.79 Å². The zero-order chi connectivity index (χ0) is 23.8. The largest absolute Gasteiger partial charge is 0.497 e. The number of carbonyl (C=O) groups is 1. The van der Waals surface area contributed by atoms with Gasteiger partial charge in [0.1, 0.15) is 5.75 Å². The van der Waals surface area contributed by atoms with Crippen LogP contribution in [0.2, 0.25) is 0 Å². The molecular weight excluding hydrogens is 442 g/mol. The Bertz CT molecular complexity index is 1060. The van der Waals surface area contributed by atoms with Crippen molar-refractivity contribution in [3.8, 4) is 5.75 Å². The van der Waals surface area contributed by atoms with Crippen molar-refractivity contribution >= 4 is 15.7 Å². The van der Waals surface area contributed by atoms with Crippen molar-refractivity contribution in [2.45, 2.75) is 49.7 Å². The fourth-order valence-electron chi connectivity index (χ4n) is 4.25. The van der Waals surface area contributed by atoms with E-state index in [0.717, 1.165) is 25.7 Å². The molecule has 1 aromatic carbocycles. The zero-order valence-corrected chi connectivity index (χ0v) is 20.2. The van der Waals surface area contributed by atoms with E-state index in [2.05, 4.69) is 11.6 Å². The van der Waals surface area contributed by atoms with Crippen molar-refractivity contribution < 1.29 is 22.7 Å². The number of ether oxygens (including phenoxy) is 2. The van der Waals surface area contributed by atoms with Gasteiger partial charge in [0.05, 0.1) is 37.9 Å². The minimum absolute atomic E-state index is 0.0239. The summed E-state index contributed by atoms with van der Waals surface area (Å²) in [6.45, 7) is 5.10. The highest BCUT2D eigenvalue weighted by molar-refractivity contribution is 7.90. The van der Waals surface area contributed by atoms with Crippen LogP contribution in [0.5, 0.6) is 5.75 Å². The number of sulfone groups is 1. The van der Waals surface area contributed by atoms with Crippen LogP contribution in [0.15, 0.2) is 48.3 Å². The Labute approximate surface area is 196 Å². The molecular formula is C24H33N3O5S. The Morgan fingerprint density at radius 3 is 2.73 bits per heavy atom. The van der Waals surface area contributed by atoms with E-state index in [1.54, 1.807) is 60.2 Å². The average molecular weight is 476 g/mol. The fraction of sp³-hybridized carbons (Fsp3) is 0.500. The van der Waals surface area contributed by atoms with Gasteiger partial charge in [0.15, 0.2) is 0 Å². The molecule has 1 heterocycles. The van der Waals surface area contributed by atoms with Crippen molar-refractivity contribution in [1.82, 2.24) is 14.5 Å². The van der Waals surface area contributed by atoms with Crippen molar-refractivity contribution in [3.63, 3.8) is 0 Å². The lowest BCUT2D eigenvalue weighted by atomic mass is 10.1. The van der Waals surface area contributed by atoms with Gasteiger partial charge in [0, 0.05) is 26.1 Å². The third-order valence-electron chi connectivity index (χ3n) is 5.91. The molecule has 0 atom stereocenters. The molecule has 180 valence electrons. The molecule has 0 unspecified atom stereocenters. The molecule has 0 aliphatic heterocycles. The highest BCUT2D eigenvalue weighted by Gasteiger charge is 2.29. The number of rotatable bonds is 12. The van der Waals surface area contributed by atoms with E-state index in [4.69, 9.17) is 9.47 Å². The molecule has 1 saturated carbocycles. The van der Waals surface area contributed by atoms with Crippen LogP contribution in [0.1, 0.15) is 36.9 Å². The molecule has 1 fully saturated rings. The summed E-state index contributed by atoms with van der Waals surface area (Å²) in [6, 6.07) is 6.97. The van der Waals surface area contributed by atoms with Gasteiger partial charge in [-0.2, -0.15) is 0 Å². The third-order valence-corrected chi connectivity index (χ3v) is 7.50. The lowest BCUT2D eigenvalue weighted by Crippen LogP contribution is -2.35. The number of amides is 1. The van der Waals surface area contributed by atoms with E-state index < -0.39 is 9.84 Å². The first-order valence-corrected chi connectivity index (χ1v) is 12.8. The molecule has 1 aromatic heterocycles. The molecule has 1 amide bonds. The first-order chi connectivity index (χ1) is 15.9. The number of hydrogen-bond donors (Lipinski definition) is 0. The Balaban J connectivity index is 1.89. The molecule has 8 nitrogen and oxygen atoms in total. The summed E-state index contributed by atoms with van der Waals surface area (Å²) in [5.74, 6) is 0.506. The van der Waals surface area contributed by atoms with Gasteiger partial charge in [-0.15, -0.1) is 6.58 Å². The van der Waals surface area contributed by atoms with Crippen molar-refractivity contribution in [2.24, 2.45) is 5.92 Å². The lowest BCUT2D eigenvalue weighted by Gasteiger charge is -2.25. The molecule has 0 radical (unpaired) electrons. The average Bonchev–Trinajstić information content (AvgIpc) is 3.47. The summed E-state index contributed by atoms with van der Waals surface area (Å²) < 4.78 is 38.7. The molecule has 9 heteroatoms. The van der Waals surface area contributed by atoms with E-state index in [1.807, 2.05) is 0 Å². The summed E-state index contributed by atoms with van der Waals surface area (Å²) in [5.41, 5.74) is 1.27. The predicted molar refractivity (Wildman–Crippen MR) is 126 cm³/mol. The number of aromatic nitrogens is 2. The van der Waals surface area contributed by atoms with Gasteiger partial charge in [0.25, 0.3) is 0 Å². The topological polar surface area (TPSA) is 90.7 Å². The molecule has 1 aliphatic rings. The van der Waals surface area contributed by atoms with Crippen molar-refractivity contribution in [3.05, 3.63) is 54.4 Å². The van der Waals surface area contributed by atoms with Crippen LogP contribution in [0.25, 0.3) is 0 Å². The summed E-state index contributed by atoms with van der Waals surface area (Å²) in [6.07, 6.45) is 7.17. The summed E-state index contributed by atoms with van der Waals surface area (Å²) in [5, 5.41) is -0.0239. The third kappa shape index (κ3) is 6.23. The van der Waals surface area contributed by atoms with Gasteiger partial charge in [-0.25, -0.2) is 13.4 Å². The maximum atomic E-state index is 13.3. The molecule has 0 N–H and O–H groups in total. The highest BCUT2D eigenvalue weighted by atomic mass is 32.2. The first kappa shape index (κ1) is 25.0. The zero-order valence-electron chi connectivity index (χ0n) is 19.4. The van der Waals surface area contributed by atoms with Crippen LogP contribution in [0, 0.1) is 5.92 Å². The molecule has 2 aromatic rings. The van der Waals surface area contributed by atoms with Crippen LogP contribution >= 0.6 is 0 Å². The molecule has 3 rings (SSSR count). The number of imidazole rings is 1. The predicted octanol–water partition coefficient (Wildman–Crippen LogP) is 3.22. The quantitative estimate of drug-likeness (QED) is 0.438. The van der Waals surface area contributed by atoms with Crippen molar-refractivity contribution in [1.29, 1.82) is 0 Å². The molecule has 1 aliphatic carbocycles. The smallest absolute Gasteiger partial charge is 0.228 e. The van der Waals surface area contributed by atoms with E-state index >= 15 is 0 Å². The van der Waals surface area contributed by atoms with Gasteiger partial charge in [-0.05, 0) is 30.5 Å². The van der Waals surface area contributed by atoms with E-state index in [1.165, 1.54) is 0 Å². The van der Waals surface area contributed by atoms with Gasteiger partial charge in [0.2, 0.25) is 20.9 Å². The standard InChI is InChI=1S/C24H33N3O5S/c1-4-12-26(23(28)20-9-5-6-10-20)17-21-16-25-24(27(21)13-14-31-2)33(29,30)18-19-8-7-11-22(15-19)32-3/h4,7-8,11,15-16,20H,1,5-6,9-10,12-14,17-18H2,2-3H3. The summed E-state index contributed by atoms with van der Waals surface area (Å²) in [7, 11) is -0.640. The van der Waals surface area contributed by atoms with E-state index in [9.17, 15) is 13.2 Å². The highest BCUT2D eigenvalue weighted by Crippen LogP contribution is 2.28. The summed E-state index contributed by atoms with van der Waals surface area (Å²) >= 11 is 0. The van der Waals surface area contributed by atoms with Crippen LogP contribution in [0.4, 0.5) is 0 Å². The molecule has 0 bridgehead atoms. The number of benzene rings is 1. The Morgan fingerprint density at radius 1 is 1.30 bits per heavy atom. The Kier molecular flexibility index (Phi) is 8.68. The number of methoxy groups -OCH3 is 2. The van der Waals surface area contributed by atoms with Gasteiger partial charge >= 0.3 is 0 Å². The second-order valence-electron chi connectivity index (χ2n) is 8.28. The number of carbonyl (C=O) groups excluding carboxylic acids is 1. The van der Waals surface area contributed by atoms with E-state index in [-0.39, 0.29) is 29.3 Å². The number of hydrogen-bond acceptors (Lipinski definition) is 6. The Hall–Kier alpha value is -2.65. The minimum atomic E-state index is -3.75. The normalized spacial score (nSPS) is 14.4. The summed E-state index contributed by atoms with van der Waals surface area (Å²) in [4.78, 5) is 19.1. The SMILES string of the molecule is C=CCN(Cc1cnc(S(=O)(=O)Cc2cccc(OC)c2)n1CCOC)C(=O)C1CCCC1. The monoisotopic (exact) mass is 475 g/mol. The fourth-order valence-corrected chi connectivity index (χ4v) is 5.75. The lowest BCUT2D eigenvalue weighted by molar-refractivity contribution is -0.135. The second kappa shape index (κ2) is 11.5. The number of nitrogens with zero attached hydrogens (tertiary/aromatic N) is 3. The molecule has 0 spiro atoms. The van der Waals surface area contributed by atoms with Gasteiger partial charge < -0.3 is 18.9 Å².